The van der Waals surface area contributed by atoms with Crippen LogP contribution in [0.15, 0.2) is 0 Å². The molecule has 1 aromatic rings. The molecule has 0 aromatic carbocycles. The summed E-state index contributed by atoms with van der Waals surface area (Å²) >= 11 is 0. The van der Waals surface area contributed by atoms with Gasteiger partial charge < -0.3 is 10.2 Å². The molecule has 1 aliphatic rings. The Morgan fingerprint density at radius 1 is 1.31 bits per heavy atom. The highest BCUT2D eigenvalue weighted by Crippen LogP contribution is 2.26. The average molecular weight is 222 g/mol. The van der Waals surface area contributed by atoms with Gasteiger partial charge in [0.2, 0.25) is 0 Å². The molecule has 0 amide bonds. The summed E-state index contributed by atoms with van der Waals surface area (Å²) in [5.74, 6) is 7.00. The number of fused-ring (bicyclic) bond motifs is 1. The number of anilines is 1. The largest absolute Gasteiger partial charge is 0.376 e. The molecule has 2 heterocycles. The second kappa shape index (κ2) is 3.99. The summed E-state index contributed by atoms with van der Waals surface area (Å²) in [5, 5.41) is 0. The number of rotatable bonds is 1. The van der Waals surface area contributed by atoms with E-state index in [1.165, 1.54) is 0 Å². The molecule has 5 heteroatoms. The Labute approximate surface area is 95.4 Å². The van der Waals surface area contributed by atoms with E-state index in [1.54, 1.807) is 0 Å². The monoisotopic (exact) mass is 222 g/mol. The van der Waals surface area contributed by atoms with E-state index < -0.39 is 0 Å². The number of nitrogens with one attached hydrogen (secondary N) is 1. The molecular formula is C11H18N4O. The highest BCUT2D eigenvalue weighted by molar-refractivity contribution is 5.46. The Kier molecular flexibility index (Phi) is 2.82. The second-order valence-electron chi connectivity index (χ2n) is 5.02. The van der Waals surface area contributed by atoms with Crippen molar-refractivity contribution in [2.45, 2.75) is 39.2 Å². The van der Waals surface area contributed by atoms with Gasteiger partial charge in [0.1, 0.15) is 11.6 Å². The van der Waals surface area contributed by atoms with Gasteiger partial charge in [0.25, 0.3) is 0 Å². The molecule has 0 saturated heterocycles. The summed E-state index contributed by atoms with van der Waals surface area (Å²) < 4.78 is 5.39. The van der Waals surface area contributed by atoms with Crippen LogP contribution < -0.4 is 11.3 Å². The van der Waals surface area contributed by atoms with Crippen molar-refractivity contribution >= 4 is 5.82 Å². The van der Waals surface area contributed by atoms with Crippen molar-refractivity contribution in [2.24, 2.45) is 5.84 Å². The minimum absolute atomic E-state index is 0.0705. The van der Waals surface area contributed by atoms with Crippen LogP contribution in [-0.2, 0) is 23.2 Å². The maximum atomic E-state index is 5.49. The van der Waals surface area contributed by atoms with Gasteiger partial charge in [0.15, 0.2) is 0 Å². The van der Waals surface area contributed by atoms with Crippen molar-refractivity contribution in [1.29, 1.82) is 0 Å². The average Bonchev–Trinajstić information content (AvgIpc) is 2.26. The topological polar surface area (TPSA) is 73.1 Å². The number of aromatic nitrogens is 2. The van der Waals surface area contributed by atoms with Gasteiger partial charge in [-0.2, -0.15) is 0 Å². The van der Waals surface area contributed by atoms with Gasteiger partial charge in [-0.05, 0) is 0 Å². The molecule has 0 atom stereocenters. The summed E-state index contributed by atoms with van der Waals surface area (Å²) in [6.07, 6.45) is 0.829. The third-order valence-corrected chi connectivity index (χ3v) is 2.63. The van der Waals surface area contributed by atoms with Crippen LogP contribution in [0.4, 0.5) is 5.82 Å². The van der Waals surface area contributed by atoms with Gasteiger partial charge in [-0.15, -0.1) is 0 Å². The molecule has 2 rings (SSSR count). The first kappa shape index (κ1) is 11.3. The Hall–Kier alpha value is -1.20. The number of nitrogens with two attached hydrogens (primary N) is 1. The number of ether oxygens (including phenoxy) is 1. The zero-order valence-corrected chi connectivity index (χ0v) is 10.0. The third-order valence-electron chi connectivity index (χ3n) is 2.63. The predicted octanol–water partition coefficient (Wildman–Crippen LogP) is 1.13. The van der Waals surface area contributed by atoms with Crippen LogP contribution in [0.1, 0.15) is 37.9 Å². The molecule has 3 N–H and O–H groups in total. The lowest BCUT2D eigenvalue weighted by Gasteiger charge is -2.23. The van der Waals surface area contributed by atoms with Crippen LogP contribution in [0.3, 0.4) is 0 Å². The summed E-state index contributed by atoms with van der Waals surface area (Å²) in [5.41, 5.74) is 4.61. The maximum Gasteiger partial charge on any atom is 0.149 e. The van der Waals surface area contributed by atoms with Gasteiger partial charge in [0, 0.05) is 17.4 Å². The zero-order valence-electron chi connectivity index (χ0n) is 10.0. The Balaban J connectivity index is 2.52. The summed E-state index contributed by atoms with van der Waals surface area (Å²) in [6.45, 7) is 7.54. The van der Waals surface area contributed by atoms with Crippen molar-refractivity contribution in [3.05, 3.63) is 17.1 Å². The van der Waals surface area contributed by atoms with Crippen molar-refractivity contribution in [2.75, 3.05) is 12.0 Å². The highest BCUT2D eigenvalue weighted by Gasteiger charge is 2.23. The van der Waals surface area contributed by atoms with Gasteiger partial charge in [-0.3, -0.25) is 0 Å². The molecular weight excluding hydrogens is 204 g/mol. The molecule has 1 aliphatic heterocycles. The number of nitrogen functional groups attached to an aromatic ring is 1. The molecule has 0 saturated carbocycles. The first-order valence-electron chi connectivity index (χ1n) is 5.47. The fraction of sp³-hybridized carbons (Fsp3) is 0.636. The smallest absolute Gasteiger partial charge is 0.149 e. The van der Waals surface area contributed by atoms with Gasteiger partial charge in [-0.1, -0.05) is 20.8 Å². The summed E-state index contributed by atoms with van der Waals surface area (Å²) in [4.78, 5) is 9.06. The molecule has 0 radical (unpaired) electrons. The minimum atomic E-state index is -0.0705. The lowest BCUT2D eigenvalue weighted by atomic mass is 9.95. The molecule has 1 aromatic heterocycles. The van der Waals surface area contributed by atoms with Crippen LogP contribution in [0.25, 0.3) is 0 Å². The van der Waals surface area contributed by atoms with E-state index in [0.29, 0.717) is 12.4 Å². The predicted molar refractivity (Wildman–Crippen MR) is 61.9 cm³/mol. The van der Waals surface area contributed by atoms with Crippen LogP contribution in [-0.4, -0.2) is 16.6 Å². The summed E-state index contributed by atoms with van der Waals surface area (Å²) in [7, 11) is 0. The van der Waals surface area contributed by atoms with Gasteiger partial charge in [-0.25, -0.2) is 15.8 Å². The Morgan fingerprint density at radius 2 is 2.06 bits per heavy atom. The lowest BCUT2D eigenvalue weighted by molar-refractivity contribution is 0.109. The number of hydrazine groups is 1. The number of nitrogens with zero attached hydrogens (tertiary/aromatic N) is 2. The SMILES string of the molecule is CC(C)(C)c1nc2c(c(NN)n1)COCC2. The van der Waals surface area contributed by atoms with E-state index in [9.17, 15) is 0 Å². The van der Waals surface area contributed by atoms with E-state index in [2.05, 4.69) is 36.2 Å². The minimum Gasteiger partial charge on any atom is -0.376 e. The Bertz CT molecular complexity index is 380. The van der Waals surface area contributed by atoms with Crippen molar-refractivity contribution in [1.82, 2.24) is 9.97 Å². The van der Waals surface area contributed by atoms with Crippen LogP contribution in [0.5, 0.6) is 0 Å². The van der Waals surface area contributed by atoms with Gasteiger partial charge >= 0.3 is 0 Å². The molecule has 88 valence electrons. The van der Waals surface area contributed by atoms with Crippen LogP contribution in [0.2, 0.25) is 0 Å². The van der Waals surface area contributed by atoms with E-state index in [-0.39, 0.29) is 5.41 Å². The van der Waals surface area contributed by atoms with E-state index in [1.807, 2.05) is 0 Å². The van der Waals surface area contributed by atoms with Gasteiger partial charge in [0.05, 0.1) is 18.9 Å². The second-order valence-corrected chi connectivity index (χ2v) is 5.02. The first-order valence-corrected chi connectivity index (χ1v) is 5.47. The quantitative estimate of drug-likeness (QED) is 0.550. The fourth-order valence-corrected chi connectivity index (χ4v) is 1.69. The molecule has 0 bridgehead atoms. The Morgan fingerprint density at radius 3 is 2.69 bits per heavy atom. The van der Waals surface area contributed by atoms with E-state index >= 15 is 0 Å². The highest BCUT2D eigenvalue weighted by atomic mass is 16.5. The molecule has 5 nitrogen and oxygen atoms in total. The molecule has 16 heavy (non-hydrogen) atoms. The number of hydrogen-bond donors (Lipinski definition) is 2. The van der Waals surface area contributed by atoms with Crippen molar-refractivity contribution < 1.29 is 4.74 Å². The lowest BCUT2D eigenvalue weighted by Crippen LogP contribution is -2.24. The van der Waals surface area contributed by atoms with E-state index in [0.717, 1.165) is 30.1 Å². The van der Waals surface area contributed by atoms with Crippen molar-refractivity contribution in [3.63, 3.8) is 0 Å². The normalized spacial score (nSPS) is 15.8. The third kappa shape index (κ3) is 2.01. The molecule has 0 fully saturated rings. The zero-order chi connectivity index (χ0) is 11.8. The molecule has 0 unspecified atom stereocenters. The molecule has 0 aliphatic carbocycles. The van der Waals surface area contributed by atoms with Crippen molar-refractivity contribution in [3.8, 4) is 0 Å². The standard InChI is InChI=1S/C11H18N4O/c1-11(2,3)10-13-8-4-5-16-6-7(8)9(14-10)15-12/h4-6,12H2,1-3H3,(H,13,14,15). The summed E-state index contributed by atoms with van der Waals surface area (Å²) in [6, 6.07) is 0. The number of hydrogen-bond acceptors (Lipinski definition) is 5. The first-order chi connectivity index (χ1) is 7.52. The van der Waals surface area contributed by atoms with E-state index in [4.69, 9.17) is 10.6 Å². The fourth-order valence-electron chi connectivity index (χ4n) is 1.69. The van der Waals surface area contributed by atoms with Crippen LogP contribution in [0, 0.1) is 0 Å². The maximum absolute atomic E-state index is 5.49. The van der Waals surface area contributed by atoms with Crippen LogP contribution >= 0.6 is 0 Å². The molecule has 0 spiro atoms.